The number of amides is 1. The summed E-state index contributed by atoms with van der Waals surface area (Å²) in [5, 5.41) is 0.703. The predicted molar refractivity (Wildman–Crippen MR) is 126 cm³/mol. The van der Waals surface area contributed by atoms with Gasteiger partial charge in [0.2, 0.25) is 0 Å². The average molecular weight is 434 g/mol. The van der Waals surface area contributed by atoms with Gasteiger partial charge in [-0.25, -0.2) is 4.39 Å². The van der Waals surface area contributed by atoms with Crippen molar-refractivity contribution in [3.63, 3.8) is 0 Å². The van der Waals surface area contributed by atoms with Gasteiger partial charge in [-0.3, -0.25) is 9.78 Å². The maximum Gasteiger partial charge on any atom is 0.257 e. The van der Waals surface area contributed by atoms with Gasteiger partial charge < -0.3 is 9.80 Å². The van der Waals surface area contributed by atoms with Crippen molar-refractivity contribution in [3.05, 3.63) is 77.7 Å². The van der Waals surface area contributed by atoms with Crippen molar-refractivity contribution < 1.29 is 9.18 Å². The molecular formula is C25H24FN3OS. The van der Waals surface area contributed by atoms with Crippen LogP contribution in [0, 0.1) is 5.82 Å². The lowest BCUT2D eigenvalue weighted by atomic mass is 9.98. The Bertz CT molecular complexity index is 1140. The summed E-state index contributed by atoms with van der Waals surface area (Å²) in [6, 6.07) is 15.0. The van der Waals surface area contributed by atoms with Crippen LogP contribution < -0.4 is 4.90 Å². The molecule has 5 rings (SSSR count). The predicted octanol–water partition coefficient (Wildman–Crippen LogP) is 4.86. The maximum absolute atomic E-state index is 14.2. The molecule has 2 aromatic carbocycles. The van der Waals surface area contributed by atoms with Gasteiger partial charge in [0, 0.05) is 49.3 Å². The number of aromatic nitrogens is 1. The number of carbonyl (C=O) groups excluding carboxylic acids is 1. The van der Waals surface area contributed by atoms with Gasteiger partial charge >= 0.3 is 0 Å². The summed E-state index contributed by atoms with van der Waals surface area (Å²) in [6.45, 7) is 2.92. The van der Waals surface area contributed by atoms with Gasteiger partial charge in [0.25, 0.3) is 5.91 Å². The number of pyridine rings is 1. The van der Waals surface area contributed by atoms with Gasteiger partial charge in [0.15, 0.2) is 0 Å². The van der Waals surface area contributed by atoms with Gasteiger partial charge in [0.05, 0.1) is 16.8 Å². The van der Waals surface area contributed by atoms with E-state index in [0.29, 0.717) is 23.0 Å². The molecule has 1 aromatic heterocycles. The molecule has 1 saturated heterocycles. The number of benzene rings is 2. The molecule has 0 atom stereocenters. The van der Waals surface area contributed by atoms with Gasteiger partial charge in [0.1, 0.15) is 5.82 Å². The molecule has 3 heterocycles. The Kier molecular flexibility index (Phi) is 5.64. The maximum atomic E-state index is 14.2. The SMILES string of the molecule is O=C(c1cnc2ccc(F)cc2c1N1CC=C(c2ccccc2)CC1)N1CCSCC1. The monoisotopic (exact) mass is 433 g/mol. The number of anilines is 1. The zero-order chi connectivity index (χ0) is 21.2. The Hall–Kier alpha value is -2.86. The molecule has 1 fully saturated rings. The fourth-order valence-corrected chi connectivity index (χ4v) is 5.27. The normalized spacial score (nSPS) is 17.0. The Morgan fingerprint density at radius 3 is 2.58 bits per heavy atom. The van der Waals surface area contributed by atoms with Crippen LogP contribution >= 0.6 is 11.8 Å². The lowest BCUT2D eigenvalue weighted by Gasteiger charge is -2.33. The van der Waals surface area contributed by atoms with Crippen molar-refractivity contribution in [2.75, 3.05) is 42.6 Å². The molecule has 6 heteroatoms. The van der Waals surface area contributed by atoms with Crippen molar-refractivity contribution in [1.82, 2.24) is 9.88 Å². The second-order valence-electron chi connectivity index (χ2n) is 7.88. The molecule has 0 unspecified atom stereocenters. The lowest BCUT2D eigenvalue weighted by molar-refractivity contribution is 0.0772. The van der Waals surface area contributed by atoms with E-state index in [1.165, 1.54) is 23.3 Å². The summed E-state index contributed by atoms with van der Waals surface area (Å²) in [4.78, 5) is 22.0. The lowest BCUT2D eigenvalue weighted by Crippen LogP contribution is -2.39. The first-order valence-electron chi connectivity index (χ1n) is 10.7. The first-order valence-corrected chi connectivity index (χ1v) is 11.8. The standard InChI is InChI=1S/C25H24FN3OS/c26-20-6-7-23-21(16-20)24(22(17-27-23)25(30)29-12-14-31-15-13-29)28-10-8-19(9-11-28)18-4-2-1-3-5-18/h1-8,16-17H,9-15H2. The highest BCUT2D eigenvalue weighted by molar-refractivity contribution is 7.99. The number of halogens is 1. The third kappa shape index (κ3) is 4.04. The Morgan fingerprint density at radius 2 is 1.84 bits per heavy atom. The third-order valence-corrected chi connectivity index (χ3v) is 6.94. The minimum atomic E-state index is -0.313. The van der Waals surface area contributed by atoms with Crippen LogP contribution in [0.1, 0.15) is 22.3 Å². The zero-order valence-corrected chi connectivity index (χ0v) is 18.1. The number of nitrogens with zero attached hydrogens (tertiary/aromatic N) is 3. The van der Waals surface area contributed by atoms with E-state index in [9.17, 15) is 9.18 Å². The summed E-state index contributed by atoms with van der Waals surface area (Å²) in [6.07, 6.45) is 4.77. The molecule has 2 aliphatic heterocycles. The van der Waals surface area contributed by atoms with E-state index in [0.717, 1.165) is 43.2 Å². The van der Waals surface area contributed by atoms with Crippen molar-refractivity contribution in [3.8, 4) is 0 Å². The zero-order valence-electron chi connectivity index (χ0n) is 17.3. The van der Waals surface area contributed by atoms with Crippen LogP contribution in [0.5, 0.6) is 0 Å². The number of carbonyl (C=O) groups is 1. The van der Waals surface area contributed by atoms with Crippen LogP contribution in [0.15, 0.2) is 60.8 Å². The van der Waals surface area contributed by atoms with E-state index >= 15 is 0 Å². The van der Waals surface area contributed by atoms with Crippen molar-refractivity contribution in [1.29, 1.82) is 0 Å². The van der Waals surface area contributed by atoms with Crippen LogP contribution in [-0.4, -0.2) is 53.5 Å². The van der Waals surface area contributed by atoms with Gasteiger partial charge in [-0.2, -0.15) is 11.8 Å². The van der Waals surface area contributed by atoms with Crippen molar-refractivity contribution in [2.24, 2.45) is 0 Å². The van der Waals surface area contributed by atoms with E-state index < -0.39 is 0 Å². The second kappa shape index (κ2) is 8.71. The fraction of sp³-hybridized carbons (Fsp3) is 0.280. The van der Waals surface area contributed by atoms with Gasteiger partial charge in [-0.15, -0.1) is 0 Å². The molecule has 2 aliphatic rings. The Morgan fingerprint density at radius 1 is 1.03 bits per heavy atom. The largest absolute Gasteiger partial charge is 0.366 e. The topological polar surface area (TPSA) is 36.4 Å². The average Bonchev–Trinajstić information content (AvgIpc) is 2.84. The molecule has 158 valence electrons. The summed E-state index contributed by atoms with van der Waals surface area (Å²) < 4.78 is 14.2. The molecule has 31 heavy (non-hydrogen) atoms. The van der Waals surface area contributed by atoms with Gasteiger partial charge in [-0.05, 0) is 35.8 Å². The van der Waals surface area contributed by atoms with Crippen LogP contribution in [0.2, 0.25) is 0 Å². The van der Waals surface area contributed by atoms with Crippen LogP contribution in [0.3, 0.4) is 0 Å². The van der Waals surface area contributed by atoms with E-state index in [2.05, 4.69) is 40.2 Å². The molecule has 4 nitrogen and oxygen atoms in total. The minimum Gasteiger partial charge on any atom is -0.366 e. The van der Waals surface area contributed by atoms with E-state index in [4.69, 9.17) is 0 Å². The number of fused-ring (bicyclic) bond motifs is 1. The number of thioether (sulfide) groups is 1. The highest BCUT2D eigenvalue weighted by atomic mass is 32.2. The number of rotatable bonds is 3. The quantitative estimate of drug-likeness (QED) is 0.591. The third-order valence-electron chi connectivity index (χ3n) is 6.00. The number of hydrogen-bond donors (Lipinski definition) is 0. The first kappa shape index (κ1) is 20.1. The van der Waals surface area contributed by atoms with Crippen LogP contribution in [-0.2, 0) is 0 Å². The second-order valence-corrected chi connectivity index (χ2v) is 9.10. The summed E-state index contributed by atoms with van der Waals surface area (Å²) >= 11 is 1.87. The minimum absolute atomic E-state index is 0.00760. The smallest absolute Gasteiger partial charge is 0.257 e. The van der Waals surface area contributed by atoms with E-state index in [1.807, 2.05) is 22.7 Å². The van der Waals surface area contributed by atoms with Crippen LogP contribution in [0.25, 0.3) is 16.5 Å². The Balaban J connectivity index is 1.55. The fourth-order valence-electron chi connectivity index (χ4n) is 4.37. The first-order chi connectivity index (χ1) is 15.2. The van der Waals surface area contributed by atoms with Crippen LogP contribution in [0.4, 0.5) is 10.1 Å². The molecule has 0 saturated carbocycles. The molecule has 1 amide bonds. The summed E-state index contributed by atoms with van der Waals surface area (Å²) in [7, 11) is 0. The molecular weight excluding hydrogens is 409 g/mol. The van der Waals surface area contributed by atoms with Crippen molar-refractivity contribution >= 4 is 39.8 Å². The van der Waals surface area contributed by atoms with E-state index in [-0.39, 0.29) is 11.7 Å². The molecule has 0 radical (unpaired) electrons. The van der Waals surface area contributed by atoms with Gasteiger partial charge in [-0.1, -0.05) is 36.4 Å². The highest BCUT2D eigenvalue weighted by Gasteiger charge is 2.26. The molecule has 0 bridgehead atoms. The Labute approximate surface area is 185 Å². The summed E-state index contributed by atoms with van der Waals surface area (Å²) in [5.74, 6) is 1.58. The summed E-state index contributed by atoms with van der Waals surface area (Å²) in [5.41, 5.74) is 4.62. The highest BCUT2D eigenvalue weighted by Crippen LogP contribution is 2.34. The molecule has 0 N–H and O–H groups in total. The van der Waals surface area contributed by atoms with E-state index in [1.54, 1.807) is 12.3 Å². The molecule has 0 spiro atoms. The molecule has 3 aromatic rings. The number of hydrogen-bond acceptors (Lipinski definition) is 4. The van der Waals surface area contributed by atoms with Crippen molar-refractivity contribution in [2.45, 2.75) is 6.42 Å². The molecule has 0 aliphatic carbocycles.